The van der Waals surface area contributed by atoms with Crippen LogP contribution in [0.3, 0.4) is 0 Å². The maximum atomic E-state index is 12.2. The van der Waals surface area contributed by atoms with Crippen LogP contribution in [0.15, 0.2) is 69.7 Å². The van der Waals surface area contributed by atoms with Gasteiger partial charge < -0.3 is 4.42 Å². The number of hydrogen-bond acceptors (Lipinski definition) is 7. The van der Waals surface area contributed by atoms with Gasteiger partial charge in [-0.1, -0.05) is 41.6 Å². The zero-order chi connectivity index (χ0) is 21.6. The number of aromatic nitrogens is 3. The first-order valence-corrected chi connectivity index (χ1v) is 11.2. The summed E-state index contributed by atoms with van der Waals surface area (Å²) in [6.07, 6.45) is 1.61. The molecule has 0 radical (unpaired) electrons. The van der Waals surface area contributed by atoms with Gasteiger partial charge in [0.1, 0.15) is 5.76 Å². The summed E-state index contributed by atoms with van der Waals surface area (Å²) in [5.41, 5.74) is 6.87. The van der Waals surface area contributed by atoms with Crippen LogP contribution in [0.25, 0.3) is 11.4 Å². The predicted octanol–water partition coefficient (Wildman–Crippen LogP) is 3.51. The predicted molar refractivity (Wildman–Crippen MR) is 119 cm³/mol. The lowest BCUT2D eigenvalue weighted by molar-refractivity contribution is -0.119. The number of hydrogen-bond donors (Lipinski definition) is 2. The summed E-state index contributed by atoms with van der Waals surface area (Å²) in [4.78, 5) is 24.7. The van der Waals surface area contributed by atoms with Crippen LogP contribution in [0.1, 0.15) is 21.0 Å². The Balaban J connectivity index is 1.46. The van der Waals surface area contributed by atoms with Crippen molar-refractivity contribution in [1.29, 1.82) is 0 Å². The van der Waals surface area contributed by atoms with Gasteiger partial charge in [-0.15, -0.1) is 21.5 Å². The molecule has 0 atom stereocenters. The van der Waals surface area contributed by atoms with Crippen molar-refractivity contribution in [3.63, 3.8) is 0 Å². The summed E-state index contributed by atoms with van der Waals surface area (Å²) in [6, 6.07) is 15.1. The highest BCUT2D eigenvalue weighted by molar-refractivity contribution is 7.99. The molecule has 0 spiro atoms. The van der Waals surface area contributed by atoms with E-state index in [0.717, 1.165) is 16.9 Å². The fourth-order valence-electron chi connectivity index (χ4n) is 2.86. The largest absolute Gasteiger partial charge is 0.467 e. The van der Waals surface area contributed by atoms with Crippen LogP contribution in [-0.4, -0.2) is 32.3 Å². The molecule has 0 unspecified atom stereocenters. The van der Waals surface area contributed by atoms with Crippen LogP contribution in [0.4, 0.5) is 0 Å². The molecule has 2 N–H and O–H groups in total. The Morgan fingerprint density at radius 1 is 1.13 bits per heavy atom. The smallest absolute Gasteiger partial charge is 0.279 e. The van der Waals surface area contributed by atoms with E-state index in [4.69, 9.17) is 4.42 Å². The number of rotatable bonds is 7. The van der Waals surface area contributed by atoms with Gasteiger partial charge in [-0.2, -0.15) is 0 Å². The third-order valence-electron chi connectivity index (χ3n) is 4.28. The lowest BCUT2D eigenvalue weighted by Gasteiger charge is -2.10. The Labute approximate surface area is 186 Å². The first-order chi connectivity index (χ1) is 15.1. The zero-order valence-electron chi connectivity index (χ0n) is 16.6. The van der Waals surface area contributed by atoms with Crippen LogP contribution >= 0.6 is 23.1 Å². The van der Waals surface area contributed by atoms with Gasteiger partial charge in [0.25, 0.3) is 5.91 Å². The summed E-state index contributed by atoms with van der Waals surface area (Å²) in [6.45, 7) is 2.45. The summed E-state index contributed by atoms with van der Waals surface area (Å²) < 4.78 is 7.40. The molecule has 0 saturated heterocycles. The molecular formula is C21H19N5O3S2. The number of hydrazine groups is 1. The summed E-state index contributed by atoms with van der Waals surface area (Å²) in [5, 5.41) is 11.0. The second-order valence-corrected chi connectivity index (χ2v) is 8.50. The van der Waals surface area contributed by atoms with E-state index < -0.39 is 0 Å². The number of benzene rings is 1. The Bertz CT molecular complexity index is 1170. The van der Waals surface area contributed by atoms with Gasteiger partial charge in [-0.25, -0.2) is 0 Å². The number of furan rings is 1. The summed E-state index contributed by atoms with van der Waals surface area (Å²) in [7, 11) is 0. The molecule has 3 aromatic heterocycles. The van der Waals surface area contributed by atoms with E-state index in [1.54, 1.807) is 23.8 Å². The van der Waals surface area contributed by atoms with Crippen molar-refractivity contribution in [3.8, 4) is 11.4 Å². The van der Waals surface area contributed by atoms with E-state index >= 15 is 0 Å². The van der Waals surface area contributed by atoms with Gasteiger partial charge in [0, 0.05) is 5.56 Å². The maximum absolute atomic E-state index is 12.2. The molecule has 3 heterocycles. The SMILES string of the molecule is Cc1cccc(-c2nnc(SCC(=O)NNC(=O)c3cccs3)n2Cc2ccco2)c1. The molecule has 8 nitrogen and oxygen atoms in total. The number of aryl methyl sites for hydroxylation is 1. The van der Waals surface area contributed by atoms with Crippen molar-refractivity contribution in [1.82, 2.24) is 25.6 Å². The summed E-state index contributed by atoms with van der Waals surface area (Å²) >= 11 is 2.53. The fraction of sp³-hybridized carbons (Fsp3) is 0.143. The minimum Gasteiger partial charge on any atom is -0.467 e. The molecule has 0 bridgehead atoms. The molecule has 4 rings (SSSR count). The van der Waals surface area contributed by atoms with Gasteiger partial charge in [-0.05, 0) is 36.6 Å². The monoisotopic (exact) mass is 453 g/mol. The normalized spacial score (nSPS) is 10.7. The molecule has 1 aromatic carbocycles. The van der Waals surface area contributed by atoms with Gasteiger partial charge in [-0.3, -0.25) is 25.0 Å². The molecule has 4 aromatic rings. The standard InChI is InChI=1S/C21H19N5O3S2/c1-14-5-2-6-15(11-14)19-23-25-21(26(19)12-16-7-3-9-29-16)31-13-18(27)22-24-20(28)17-8-4-10-30-17/h2-11H,12-13H2,1H3,(H,22,27)(H,24,28). The Morgan fingerprint density at radius 2 is 2.03 bits per heavy atom. The number of carbonyl (C=O) groups is 2. The minimum atomic E-state index is -0.351. The molecule has 0 fully saturated rings. The molecule has 31 heavy (non-hydrogen) atoms. The number of amides is 2. The fourth-order valence-corrected chi connectivity index (χ4v) is 4.21. The minimum absolute atomic E-state index is 0.0643. The van der Waals surface area contributed by atoms with Crippen LogP contribution in [0, 0.1) is 6.92 Å². The Kier molecular flexibility index (Phi) is 6.48. The van der Waals surface area contributed by atoms with Crippen molar-refractivity contribution in [2.45, 2.75) is 18.6 Å². The molecule has 0 aliphatic heterocycles. The topological polar surface area (TPSA) is 102 Å². The van der Waals surface area contributed by atoms with Crippen LogP contribution in [0.5, 0.6) is 0 Å². The van der Waals surface area contributed by atoms with Crippen molar-refractivity contribution < 1.29 is 14.0 Å². The van der Waals surface area contributed by atoms with Crippen LogP contribution in [0.2, 0.25) is 0 Å². The lowest BCUT2D eigenvalue weighted by Crippen LogP contribution is -2.42. The van der Waals surface area contributed by atoms with Crippen molar-refractivity contribution in [3.05, 3.63) is 76.4 Å². The molecule has 0 aliphatic rings. The van der Waals surface area contributed by atoms with Crippen LogP contribution in [-0.2, 0) is 11.3 Å². The van der Waals surface area contributed by atoms with E-state index in [1.807, 2.05) is 47.9 Å². The first kappa shape index (κ1) is 20.9. The van der Waals surface area contributed by atoms with Crippen LogP contribution < -0.4 is 10.9 Å². The van der Waals surface area contributed by atoms with Crippen molar-refractivity contribution in [2.24, 2.45) is 0 Å². The van der Waals surface area contributed by atoms with E-state index in [9.17, 15) is 9.59 Å². The van der Waals surface area contributed by atoms with E-state index in [1.165, 1.54) is 23.1 Å². The van der Waals surface area contributed by atoms with Crippen molar-refractivity contribution >= 4 is 34.9 Å². The molecule has 0 aliphatic carbocycles. The number of nitrogens with zero attached hydrogens (tertiary/aromatic N) is 3. The highest BCUT2D eigenvalue weighted by Crippen LogP contribution is 2.26. The highest BCUT2D eigenvalue weighted by Gasteiger charge is 2.17. The van der Waals surface area contributed by atoms with Gasteiger partial charge in [0.05, 0.1) is 23.4 Å². The first-order valence-electron chi connectivity index (χ1n) is 9.38. The van der Waals surface area contributed by atoms with E-state index in [0.29, 0.717) is 22.4 Å². The third-order valence-corrected chi connectivity index (χ3v) is 6.12. The van der Waals surface area contributed by atoms with Gasteiger partial charge >= 0.3 is 0 Å². The highest BCUT2D eigenvalue weighted by atomic mass is 32.2. The lowest BCUT2D eigenvalue weighted by atomic mass is 10.1. The zero-order valence-corrected chi connectivity index (χ0v) is 18.2. The average Bonchev–Trinajstić information content (AvgIpc) is 3.53. The van der Waals surface area contributed by atoms with Gasteiger partial charge in [0.2, 0.25) is 5.91 Å². The van der Waals surface area contributed by atoms with Crippen molar-refractivity contribution in [2.75, 3.05) is 5.75 Å². The average molecular weight is 454 g/mol. The Morgan fingerprint density at radius 3 is 2.77 bits per heavy atom. The van der Waals surface area contributed by atoms with E-state index in [2.05, 4.69) is 21.0 Å². The maximum Gasteiger partial charge on any atom is 0.279 e. The van der Waals surface area contributed by atoms with Gasteiger partial charge in [0.15, 0.2) is 11.0 Å². The number of carbonyl (C=O) groups excluding carboxylic acids is 2. The van der Waals surface area contributed by atoms with E-state index in [-0.39, 0.29) is 17.6 Å². The molecule has 0 saturated carbocycles. The number of thiophene rings is 1. The third kappa shape index (κ3) is 5.22. The second-order valence-electron chi connectivity index (χ2n) is 6.61. The number of nitrogens with one attached hydrogen (secondary N) is 2. The molecular weight excluding hydrogens is 434 g/mol. The summed E-state index contributed by atoms with van der Waals surface area (Å²) in [5.74, 6) is 0.808. The number of thioether (sulfide) groups is 1. The second kappa shape index (κ2) is 9.63. The molecule has 2 amide bonds. The molecule has 158 valence electrons. The molecule has 10 heteroatoms. The Hall–Kier alpha value is -3.37. The quantitative estimate of drug-likeness (QED) is 0.328.